The predicted octanol–water partition coefficient (Wildman–Crippen LogP) is 2.13. The van der Waals surface area contributed by atoms with Crippen molar-refractivity contribution in [2.45, 2.75) is 18.6 Å². The van der Waals surface area contributed by atoms with E-state index in [-0.39, 0.29) is 12.1 Å². The first-order valence-electron chi connectivity index (χ1n) is 9.19. The second-order valence-electron chi connectivity index (χ2n) is 7.05. The number of hydrogen-bond donors (Lipinski definition) is 1. The van der Waals surface area contributed by atoms with Crippen LogP contribution in [0.3, 0.4) is 0 Å². The molecule has 1 N–H and O–H groups in total. The molecular weight excluding hydrogens is 420 g/mol. The Morgan fingerprint density at radius 1 is 1.29 bits per heavy atom. The SMILES string of the molecule is Cn1nc(C(F)(F)F)nc1C(=O)N1CCc2[nH]cnc2[C@@H]1c1cc2c(F)cccn2n1. The molecule has 0 fully saturated rings. The molecule has 0 aliphatic carbocycles. The van der Waals surface area contributed by atoms with Gasteiger partial charge in [-0.25, -0.2) is 18.6 Å². The normalized spacial score (nSPS) is 16.7. The number of H-pyrrole nitrogens is 1. The van der Waals surface area contributed by atoms with Crippen LogP contribution in [-0.2, 0) is 19.6 Å². The number of amides is 1. The highest BCUT2D eigenvalue weighted by Crippen LogP contribution is 2.35. The molecule has 5 heterocycles. The molecule has 1 atom stereocenters. The molecule has 4 aromatic rings. The van der Waals surface area contributed by atoms with E-state index in [0.717, 1.165) is 10.4 Å². The van der Waals surface area contributed by atoms with Crippen molar-refractivity contribution in [1.82, 2.24) is 39.2 Å². The third-order valence-electron chi connectivity index (χ3n) is 5.14. The van der Waals surface area contributed by atoms with Crippen LogP contribution < -0.4 is 0 Å². The molecule has 5 rings (SSSR count). The highest BCUT2D eigenvalue weighted by Gasteiger charge is 2.41. The number of alkyl halides is 3. The van der Waals surface area contributed by atoms with Gasteiger partial charge in [-0.2, -0.15) is 23.3 Å². The molecule has 160 valence electrons. The molecule has 31 heavy (non-hydrogen) atoms. The van der Waals surface area contributed by atoms with Crippen LogP contribution in [0.1, 0.15) is 39.6 Å². The third kappa shape index (κ3) is 3.04. The maximum Gasteiger partial charge on any atom is 0.453 e. The number of aryl methyl sites for hydroxylation is 1. The third-order valence-corrected chi connectivity index (χ3v) is 5.14. The van der Waals surface area contributed by atoms with Crippen LogP contribution in [0.4, 0.5) is 17.6 Å². The highest BCUT2D eigenvalue weighted by molar-refractivity contribution is 5.91. The minimum absolute atomic E-state index is 0.170. The number of imidazole rings is 1. The maximum absolute atomic E-state index is 14.2. The molecule has 0 spiro atoms. The minimum Gasteiger partial charge on any atom is -0.348 e. The zero-order valence-corrected chi connectivity index (χ0v) is 15.9. The van der Waals surface area contributed by atoms with Crippen molar-refractivity contribution in [2.75, 3.05) is 6.54 Å². The summed E-state index contributed by atoms with van der Waals surface area (Å²) in [6.07, 6.45) is -1.36. The van der Waals surface area contributed by atoms with E-state index in [4.69, 9.17) is 0 Å². The fourth-order valence-corrected chi connectivity index (χ4v) is 3.75. The Hall–Kier alpha value is -3.77. The van der Waals surface area contributed by atoms with E-state index in [2.05, 4.69) is 25.1 Å². The van der Waals surface area contributed by atoms with E-state index in [1.165, 1.54) is 41.0 Å². The largest absolute Gasteiger partial charge is 0.453 e. The lowest BCUT2D eigenvalue weighted by atomic mass is 9.99. The molecule has 1 amide bonds. The quantitative estimate of drug-likeness (QED) is 0.488. The number of nitrogens with one attached hydrogen (secondary N) is 1. The van der Waals surface area contributed by atoms with Crippen molar-refractivity contribution in [3.05, 3.63) is 65.3 Å². The summed E-state index contributed by atoms with van der Waals surface area (Å²) in [5.41, 5.74) is 1.78. The van der Waals surface area contributed by atoms with Crippen molar-refractivity contribution in [3.63, 3.8) is 0 Å². The Bertz CT molecular complexity index is 1300. The van der Waals surface area contributed by atoms with Gasteiger partial charge in [-0.15, -0.1) is 5.10 Å². The Labute approximate surface area is 171 Å². The van der Waals surface area contributed by atoms with Crippen molar-refractivity contribution in [3.8, 4) is 0 Å². The van der Waals surface area contributed by atoms with E-state index in [1.54, 1.807) is 6.20 Å². The van der Waals surface area contributed by atoms with Crippen LogP contribution in [0, 0.1) is 5.82 Å². The summed E-state index contributed by atoms with van der Waals surface area (Å²) in [5.74, 6) is -3.13. The molecular formula is C18H14F4N8O. The number of halogens is 4. The van der Waals surface area contributed by atoms with Crippen molar-refractivity contribution in [2.24, 2.45) is 7.05 Å². The number of hydrogen-bond acceptors (Lipinski definition) is 5. The van der Waals surface area contributed by atoms with Gasteiger partial charge in [0, 0.05) is 31.9 Å². The Morgan fingerprint density at radius 2 is 2.10 bits per heavy atom. The van der Waals surface area contributed by atoms with Gasteiger partial charge in [-0.1, -0.05) is 0 Å². The average Bonchev–Trinajstić information content (AvgIpc) is 3.44. The summed E-state index contributed by atoms with van der Waals surface area (Å²) in [6.45, 7) is 0.170. The number of carbonyl (C=O) groups excluding carboxylic acids is 1. The van der Waals surface area contributed by atoms with Crippen molar-refractivity contribution in [1.29, 1.82) is 0 Å². The van der Waals surface area contributed by atoms with Crippen LogP contribution in [0.25, 0.3) is 5.52 Å². The van der Waals surface area contributed by atoms with Crippen LogP contribution in [0.2, 0.25) is 0 Å². The number of carbonyl (C=O) groups is 1. The van der Waals surface area contributed by atoms with Gasteiger partial charge >= 0.3 is 6.18 Å². The maximum atomic E-state index is 14.2. The van der Waals surface area contributed by atoms with Crippen LogP contribution in [0.5, 0.6) is 0 Å². The topological polar surface area (TPSA) is 97.0 Å². The molecule has 0 saturated heterocycles. The predicted molar refractivity (Wildman–Crippen MR) is 96.3 cm³/mol. The van der Waals surface area contributed by atoms with Gasteiger partial charge in [0.05, 0.1) is 17.7 Å². The zero-order chi connectivity index (χ0) is 21.9. The van der Waals surface area contributed by atoms with E-state index in [0.29, 0.717) is 17.8 Å². The molecule has 0 saturated carbocycles. The minimum atomic E-state index is -4.79. The molecule has 0 radical (unpaired) electrons. The van der Waals surface area contributed by atoms with Gasteiger partial charge in [0.2, 0.25) is 5.82 Å². The number of fused-ring (bicyclic) bond motifs is 2. The first-order valence-corrected chi connectivity index (χ1v) is 9.19. The van der Waals surface area contributed by atoms with E-state index >= 15 is 0 Å². The molecule has 13 heteroatoms. The summed E-state index contributed by atoms with van der Waals surface area (Å²) in [7, 11) is 1.22. The summed E-state index contributed by atoms with van der Waals surface area (Å²) >= 11 is 0. The highest BCUT2D eigenvalue weighted by atomic mass is 19.4. The Kier molecular flexibility index (Phi) is 4.10. The number of rotatable bonds is 2. The second-order valence-corrected chi connectivity index (χ2v) is 7.05. The molecule has 4 aromatic heterocycles. The fraction of sp³-hybridized carbons (Fsp3) is 0.278. The number of nitrogens with zero attached hydrogens (tertiary/aromatic N) is 7. The lowest BCUT2D eigenvalue weighted by molar-refractivity contribution is -0.144. The number of aromatic nitrogens is 7. The zero-order valence-electron chi connectivity index (χ0n) is 15.9. The van der Waals surface area contributed by atoms with E-state index < -0.39 is 35.6 Å². The molecule has 0 unspecified atom stereocenters. The average molecular weight is 434 g/mol. The summed E-state index contributed by atoms with van der Waals surface area (Å²) in [5, 5.41) is 7.69. The Morgan fingerprint density at radius 3 is 2.81 bits per heavy atom. The molecule has 0 bridgehead atoms. The monoisotopic (exact) mass is 434 g/mol. The van der Waals surface area contributed by atoms with Gasteiger partial charge in [-0.3, -0.25) is 4.79 Å². The lowest BCUT2D eigenvalue weighted by Crippen LogP contribution is -2.42. The first kappa shape index (κ1) is 19.2. The van der Waals surface area contributed by atoms with Gasteiger partial charge in [-0.05, 0) is 18.2 Å². The molecule has 1 aliphatic rings. The van der Waals surface area contributed by atoms with Crippen LogP contribution in [-0.4, -0.2) is 51.7 Å². The first-order chi connectivity index (χ1) is 14.7. The van der Waals surface area contributed by atoms with Crippen molar-refractivity contribution < 1.29 is 22.4 Å². The summed E-state index contributed by atoms with van der Waals surface area (Å²) in [6, 6.07) is 3.42. The van der Waals surface area contributed by atoms with Gasteiger partial charge < -0.3 is 9.88 Å². The number of pyridine rings is 1. The summed E-state index contributed by atoms with van der Waals surface area (Å²) in [4.78, 5) is 25.3. The van der Waals surface area contributed by atoms with Gasteiger partial charge in [0.25, 0.3) is 11.7 Å². The smallest absolute Gasteiger partial charge is 0.348 e. The molecule has 9 nitrogen and oxygen atoms in total. The van der Waals surface area contributed by atoms with Gasteiger partial charge in [0.15, 0.2) is 0 Å². The number of aromatic amines is 1. The fourth-order valence-electron chi connectivity index (χ4n) is 3.75. The van der Waals surface area contributed by atoms with Crippen LogP contribution in [0.15, 0.2) is 30.7 Å². The van der Waals surface area contributed by atoms with E-state index in [9.17, 15) is 22.4 Å². The summed E-state index contributed by atoms with van der Waals surface area (Å²) < 4.78 is 55.4. The second kappa shape index (κ2) is 6.62. The van der Waals surface area contributed by atoms with E-state index in [1.807, 2.05) is 0 Å². The lowest BCUT2D eigenvalue weighted by Gasteiger charge is -2.33. The standard InChI is InChI=1S/C18H14F4N8O/c1-28-15(25-17(27-28)18(20,21)22)16(31)29-6-4-10-13(24-8-23-10)14(29)11-7-12-9(19)3-2-5-30(12)26-11/h2-3,5,7-8,14H,4,6H2,1H3,(H,23,24)/t14-/m0/s1. The Balaban J connectivity index is 1.61. The molecule has 0 aromatic carbocycles. The van der Waals surface area contributed by atoms with Gasteiger partial charge in [0.1, 0.15) is 17.4 Å². The van der Waals surface area contributed by atoms with Crippen molar-refractivity contribution >= 4 is 11.4 Å². The van der Waals surface area contributed by atoms with Crippen LogP contribution >= 0.6 is 0 Å². The molecule has 1 aliphatic heterocycles.